The lowest BCUT2D eigenvalue weighted by Gasteiger charge is -2.31. The van der Waals surface area contributed by atoms with E-state index in [0.717, 1.165) is 0 Å². The van der Waals surface area contributed by atoms with Crippen LogP contribution in [-0.2, 0) is 23.4 Å². The van der Waals surface area contributed by atoms with Gasteiger partial charge in [-0.15, -0.1) is 0 Å². The van der Waals surface area contributed by atoms with Crippen LogP contribution in [0, 0.1) is 11.7 Å². The van der Waals surface area contributed by atoms with Gasteiger partial charge in [-0.3, -0.25) is 23.7 Å². The molecule has 216 valence electrons. The standard InChI is InChI=1S/C24H32F2N3O9P/c1-13(2)35-21(32)14(3)11-39(34,38-16-8-6-5-7-9-16)37-15(4)18-19(30)24(27,12-25)22(36-18)29-10-17(26)20(31)28-23(29)33/h5-10,13-15,18-19,22,30H,11-12,27H2,1-4H3,(H,28,31,33)/t14-,15+,18-,19+,22-,24?,39+/m1/s1. The minimum Gasteiger partial charge on any atom is -0.463 e. The Morgan fingerprint density at radius 1 is 1.26 bits per heavy atom. The number of para-hydroxylation sites is 1. The van der Waals surface area contributed by atoms with Crippen LogP contribution in [0.15, 0.2) is 46.1 Å². The van der Waals surface area contributed by atoms with E-state index in [1.165, 1.54) is 26.0 Å². The first kappa shape index (κ1) is 30.6. The summed E-state index contributed by atoms with van der Waals surface area (Å²) in [4.78, 5) is 37.9. The van der Waals surface area contributed by atoms with Crippen LogP contribution in [0.3, 0.4) is 0 Å². The molecule has 2 aromatic rings. The van der Waals surface area contributed by atoms with Gasteiger partial charge in [0.2, 0.25) is 5.82 Å². The lowest BCUT2D eigenvalue weighted by molar-refractivity contribution is -0.151. The molecule has 0 radical (unpaired) electrons. The minimum atomic E-state index is -4.20. The van der Waals surface area contributed by atoms with Gasteiger partial charge in [0.05, 0.1) is 30.5 Å². The van der Waals surface area contributed by atoms with E-state index in [1.54, 1.807) is 37.0 Å². The summed E-state index contributed by atoms with van der Waals surface area (Å²) in [5.74, 6) is -2.79. The largest absolute Gasteiger partial charge is 0.463 e. The maximum absolute atomic E-state index is 14.2. The number of aromatic amines is 1. The van der Waals surface area contributed by atoms with Gasteiger partial charge in [-0.2, -0.15) is 4.39 Å². The molecule has 3 rings (SSSR count). The zero-order chi connectivity index (χ0) is 29.1. The van der Waals surface area contributed by atoms with Crippen molar-refractivity contribution in [1.29, 1.82) is 0 Å². The second kappa shape index (κ2) is 12.1. The van der Waals surface area contributed by atoms with E-state index >= 15 is 0 Å². The number of aromatic nitrogens is 2. The molecule has 1 unspecified atom stereocenters. The zero-order valence-electron chi connectivity index (χ0n) is 21.8. The van der Waals surface area contributed by atoms with E-state index in [4.69, 9.17) is 24.3 Å². The predicted octanol–water partition coefficient (Wildman–Crippen LogP) is 1.87. The van der Waals surface area contributed by atoms with Gasteiger partial charge in [0.15, 0.2) is 6.23 Å². The first-order valence-corrected chi connectivity index (χ1v) is 13.9. The number of halogens is 2. The number of benzene rings is 1. The normalized spacial score (nSPS) is 26.1. The number of rotatable bonds is 11. The Hall–Kier alpha value is -2.90. The number of alkyl halides is 1. The van der Waals surface area contributed by atoms with Crippen molar-refractivity contribution in [2.45, 2.75) is 63.9 Å². The van der Waals surface area contributed by atoms with Gasteiger partial charge in [0, 0.05) is 0 Å². The molecule has 1 aliphatic heterocycles. The third-order valence-electron chi connectivity index (χ3n) is 6.04. The number of carbonyl (C=O) groups excluding carboxylic acids is 1. The van der Waals surface area contributed by atoms with Crippen LogP contribution in [0.5, 0.6) is 5.75 Å². The van der Waals surface area contributed by atoms with Crippen LogP contribution in [0.25, 0.3) is 0 Å². The molecule has 1 fully saturated rings. The van der Waals surface area contributed by atoms with Crippen LogP contribution in [-0.4, -0.2) is 63.4 Å². The average molecular weight is 576 g/mol. The van der Waals surface area contributed by atoms with Crippen LogP contribution in [0.4, 0.5) is 8.78 Å². The summed E-state index contributed by atoms with van der Waals surface area (Å²) in [6.07, 6.45) is -6.80. The first-order valence-electron chi connectivity index (χ1n) is 12.1. The van der Waals surface area contributed by atoms with Gasteiger partial charge in [-0.25, -0.2) is 13.8 Å². The smallest absolute Gasteiger partial charge is 0.380 e. The van der Waals surface area contributed by atoms with E-state index in [1.807, 2.05) is 0 Å². The van der Waals surface area contributed by atoms with Crippen LogP contribution < -0.4 is 21.5 Å². The molecule has 1 saturated heterocycles. The number of esters is 1. The number of aliphatic hydroxyl groups excluding tert-OH is 1. The molecule has 0 spiro atoms. The van der Waals surface area contributed by atoms with Crippen molar-refractivity contribution in [3.05, 3.63) is 63.2 Å². The Bertz CT molecular complexity index is 1320. The molecule has 1 aromatic carbocycles. The van der Waals surface area contributed by atoms with E-state index in [9.17, 15) is 32.8 Å². The third kappa shape index (κ3) is 6.82. The van der Waals surface area contributed by atoms with Gasteiger partial charge >= 0.3 is 19.3 Å². The summed E-state index contributed by atoms with van der Waals surface area (Å²) in [6, 6.07) is 7.98. The number of aliphatic hydroxyl groups is 1. The Labute approximate surface area is 222 Å². The van der Waals surface area contributed by atoms with Gasteiger partial charge in [0.1, 0.15) is 30.2 Å². The second-order valence-electron chi connectivity index (χ2n) is 9.68. The Balaban J connectivity index is 1.91. The van der Waals surface area contributed by atoms with E-state index < -0.39 is 85.6 Å². The van der Waals surface area contributed by atoms with Crippen molar-refractivity contribution >= 4 is 13.6 Å². The number of hydrogen-bond acceptors (Lipinski definition) is 10. The quantitative estimate of drug-likeness (QED) is 0.265. The zero-order valence-corrected chi connectivity index (χ0v) is 22.7. The Morgan fingerprint density at radius 3 is 2.49 bits per heavy atom. The van der Waals surface area contributed by atoms with Gasteiger partial charge in [0.25, 0.3) is 5.56 Å². The highest BCUT2D eigenvalue weighted by Gasteiger charge is 2.58. The predicted molar refractivity (Wildman–Crippen MR) is 135 cm³/mol. The minimum absolute atomic E-state index is 0.162. The molecular formula is C24H32F2N3O9P. The molecule has 12 nitrogen and oxygen atoms in total. The lowest BCUT2D eigenvalue weighted by atomic mass is 9.91. The monoisotopic (exact) mass is 575 g/mol. The van der Waals surface area contributed by atoms with E-state index in [2.05, 4.69) is 0 Å². The van der Waals surface area contributed by atoms with Crippen molar-refractivity contribution in [3.8, 4) is 5.75 Å². The topological polar surface area (TPSA) is 172 Å². The Kier molecular flexibility index (Phi) is 9.50. The van der Waals surface area contributed by atoms with Crippen molar-refractivity contribution in [2.24, 2.45) is 11.7 Å². The maximum atomic E-state index is 14.2. The molecule has 4 N–H and O–H groups in total. The van der Waals surface area contributed by atoms with Crippen molar-refractivity contribution in [3.63, 3.8) is 0 Å². The van der Waals surface area contributed by atoms with Gasteiger partial charge in [-0.05, 0) is 32.9 Å². The number of carbonyl (C=O) groups is 1. The van der Waals surface area contributed by atoms with E-state index in [0.29, 0.717) is 10.8 Å². The van der Waals surface area contributed by atoms with Gasteiger partial charge < -0.3 is 24.8 Å². The fraction of sp³-hybridized carbons (Fsp3) is 0.542. The summed E-state index contributed by atoms with van der Waals surface area (Å²) in [6.45, 7) is 4.70. The highest BCUT2D eigenvalue weighted by Crippen LogP contribution is 2.52. The molecule has 0 saturated carbocycles. The summed E-state index contributed by atoms with van der Waals surface area (Å²) >= 11 is 0. The van der Waals surface area contributed by atoms with Crippen molar-refractivity contribution < 1.29 is 41.8 Å². The lowest BCUT2D eigenvalue weighted by Crippen LogP contribution is -2.58. The fourth-order valence-electron chi connectivity index (χ4n) is 4.09. The van der Waals surface area contributed by atoms with Crippen molar-refractivity contribution in [2.75, 3.05) is 12.8 Å². The molecule has 1 aromatic heterocycles. The molecule has 2 heterocycles. The SMILES string of the molecule is CC(C)OC(=O)[C@H](C)C[P@@](=O)(Oc1ccccc1)O[C@@H](C)[C@H]1O[C@@H](n2cc(F)c(=O)[nH]c2=O)C(N)(CF)[C@H]1O. The number of nitrogens with zero attached hydrogens (tertiary/aromatic N) is 1. The number of nitrogens with two attached hydrogens (primary N) is 1. The summed E-state index contributed by atoms with van der Waals surface area (Å²) in [5, 5.41) is 10.9. The van der Waals surface area contributed by atoms with Crippen LogP contribution in [0.2, 0.25) is 0 Å². The Morgan fingerprint density at radius 2 is 1.90 bits per heavy atom. The molecule has 15 heteroatoms. The summed E-state index contributed by atoms with van der Waals surface area (Å²) in [7, 11) is -4.20. The highest BCUT2D eigenvalue weighted by atomic mass is 31.2. The van der Waals surface area contributed by atoms with Crippen LogP contribution in [0.1, 0.15) is 33.9 Å². The number of H-pyrrole nitrogens is 1. The van der Waals surface area contributed by atoms with E-state index in [-0.39, 0.29) is 5.75 Å². The molecule has 39 heavy (non-hydrogen) atoms. The first-order chi connectivity index (χ1) is 18.2. The molecular weight excluding hydrogens is 543 g/mol. The molecule has 0 amide bonds. The summed E-state index contributed by atoms with van der Waals surface area (Å²) in [5.41, 5.74) is 1.32. The average Bonchev–Trinajstić information content (AvgIpc) is 3.12. The molecule has 1 aliphatic rings. The second-order valence-corrected chi connectivity index (χ2v) is 11.7. The number of hydrogen-bond donors (Lipinski definition) is 3. The van der Waals surface area contributed by atoms with Crippen molar-refractivity contribution in [1.82, 2.24) is 9.55 Å². The van der Waals surface area contributed by atoms with Gasteiger partial charge in [-0.1, -0.05) is 25.1 Å². The summed E-state index contributed by atoms with van der Waals surface area (Å²) < 4.78 is 64.9. The molecule has 7 atom stereocenters. The molecule has 0 aliphatic carbocycles. The number of ether oxygens (including phenoxy) is 2. The maximum Gasteiger partial charge on any atom is 0.380 e. The number of nitrogens with one attached hydrogen (secondary N) is 1. The van der Waals surface area contributed by atoms with Crippen LogP contribution >= 0.6 is 7.60 Å². The molecule has 0 bridgehead atoms. The highest BCUT2D eigenvalue weighted by molar-refractivity contribution is 7.54. The third-order valence-corrected chi connectivity index (χ3v) is 8.18. The fourth-order valence-corrected chi connectivity index (χ4v) is 6.18.